The van der Waals surface area contributed by atoms with Gasteiger partial charge < -0.3 is 15.7 Å². The molecule has 0 aliphatic heterocycles. The molecule has 2 rings (SSSR count). The van der Waals surface area contributed by atoms with Gasteiger partial charge >= 0.3 is 12.0 Å². The molecule has 7 heteroatoms. The largest absolute Gasteiger partial charge is 0.481 e. The molecule has 0 bridgehead atoms. The van der Waals surface area contributed by atoms with E-state index in [-0.39, 0.29) is 6.54 Å². The third-order valence-electron chi connectivity index (χ3n) is 2.65. The highest BCUT2D eigenvalue weighted by molar-refractivity contribution is 5.89. The molecule has 1 heterocycles. The highest BCUT2D eigenvalue weighted by atomic mass is 16.4. The first-order chi connectivity index (χ1) is 7.62. The van der Waals surface area contributed by atoms with Gasteiger partial charge in [-0.15, -0.1) is 0 Å². The molecule has 1 fully saturated rings. The van der Waals surface area contributed by atoms with Crippen molar-refractivity contribution in [1.82, 2.24) is 15.5 Å². The second-order valence-corrected chi connectivity index (χ2v) is 3.88. The summed E-state index contributed by atoms with van der Waals surface area (Å²) in [6, 6.07) is -0.422. The second kappa shape index (κ2) is 3.84. The fraction of sp³-hybridized carbons (Fsp3) is 0.444. The Kier molecular flexibility index (Phi) is 2.51. The first kappa shape index (κ1) is 10.5. The molecule has 0 atom stereocenters. The Labute approximate surface area is 91.2 Å². The van der Waals surface area contributed by atoms with Gasteiger partial charge in [0, 0.05) is 12.7 Å². The van der Waals surface area contributed by atoms with Gasteiger partial charge in [-0.2, -0.15) is 5.10 Å². The molecular weight excluding hydrogens is 212 g/mol. The third kappa shape index (κ3) is 2.13. The molecule has 16 heavy (non-hydrogen) atoms. The Balaban J connectivity index is 1.78. The molecule has 1 aliphatic rings. The van der Waals surface area contributed by atoms with Crippen LogP contribution in [-0.4, -0.2) is 33.8 Å². The van der Waals surface area contributed by atoms with Crippen molar-refractivity contribution in [2.75, 3.05) is 11.9 Å². The van der Waals surface area contributed by atoms with E-state index in [1.807, 2.05) is 0 Å². The van der Waals surface area contributed by atoms with E-state index in [1.54, 1.807) is 0 Å². The summed E-state index contributed by atoms with van der Waals surface area (Å²) < 4.78 is 0. The van der Waals surface area contributed by atoms with Crippen LogP contribution >= 0.6 is 0 Å². The van der Waals surface area contributed by atoms with Crippen LogP contribution < -0.4 is 10.6 Å². The van der Waals surface area contributed by atoms with Crippen molar-refractivity contribution in [1.29, 1.82) is 0 Å². The lowest BCUT2D eigenvalue weighted by molar-refractivity contribution is -0.143. The number of nitrogens with one attached hydrogen (secondary N) is 3. The molecular formula is C9H12N4O3. The Morgan fingerprint density at radius 3 is 2.81 bits per heavy atom. The van der Waals surface area contributed by atoms with E-state index in [1.165, 1.54) is 12.4 Å². The van der Waals surface area contributed by atoms with E-state index in [2.05, 4.69) is 20.8 Å². The molecule has 0 aromatic carbocycles. The molecule has 0 saturated heterocycles. The number of hydrogen-bond donors (Lipinski definition) is 4. The molecule has 0 spiro atoms. The number of anilines is 1. The van der Waals surface area contributed by atoms with Crippen molar-refractivity contribution in [2.45, 2.75) is 12.8 Å². The molecule has 1 saturated carbocycles. The molecule has 1 aromatic rings. The number of amides is 2. The van der Waals surface area contributed by atoms with Gasteiger partial charge in [0.05, 0.1) is 17.3 Å². The number of aliphatic carboxylic acids is 1. The van der Waals surface area contributed by atoms with Gasteiger partial charge in [0.1, 0.15) is 0 Å². The van der Waals surface area contributed by atoms with Gasteiger partial charge in [-0.25, -0.2) is 4.79 Å². The number of aromatic nitrogens is 2. The topological polar surface area (TPSA) is 107 Å². The van der Waals surface area contributed by atoms with Crippen LogP contribution in [0.25, 0.3) is 0 Å². The molecule has 4 N–H and O–H groups in total. The van der Waals surface area contributed by atoms with Crippen LogP contribution in [0.5, 0.6) is 0 Å². The zero-order valence-electron chi connectivity index (χ0n) is 8.49. The first-order valence-corrected chi connectivity index (χ1v) is 4.89. The minimum absolute atomic E-state index is 0.159. The van der Waals surface area contributed by atoms with E-state index in [4.69, 9.17) is 5.11 Å². The van der Waals surface area contributed by atoms with Gasteiger partial charge in [0.15, 0.2) is 0 Å². The average molecular weight is 224 g/mol. The summed E-state index contributed by atoms with van der Waals surface area (Å²) in [4.78, 5) is 22.2. The van der Waals surface area contributed by atoms with Crippen LogP contribution in [-0.2, 0) is 4.79 Å². The number of aromatic amines is 1. The quantitative estimate of drug-likeness (QED) is 0.593. The summed E-state index contributed by atoms with van der Waals surface area (Å²) in [6.45, 7) is 0.159. The van der Waals surface area contributed by atoms with Crippen molar-refractivity contribution >= 4 is 17.7 Å². The first-order valence-electron chi connectivity index (χ1n) is 4.89. The number of H-pyrrole nitrogens is 1. The Hall–Kier alpha value is -2.05. The highest BCUT2D eigenvalue weighted by Gasteiger charge is 2.50. The zero-order valence-corrected chi connectivity index (χ0v) is 8.49. The lowest BCUT2D eigenvalue weighted by atomic mass is 10.1. The van der Waals surface area contributed by atoms with Crippen molar-refractivity contribution in [3.8, 4) is 0 Å². The predicted octanol–water partition coefficient (Wildman–Crippen LogP) is 0.396. The zero-order chi connectivity index (χ0) is 11.6. The van der Waals surface area contributed by atoms with Crippen LogP contribution in [0.3, 0.4) is 0 Å². The normalized spacial score (nSPS) is 16.5. The standard InChI is InChI=1S/C9H12N4O3/c14-7(15)9(1-2-9)5-10-8(16)13-6-3-11-12-4-6/h3-4H,1-2,5H2,(H,11,12)(H,14,15)(H2,10,13,16). The van der Waals surface area contributed by atoms with E-state index in [9.17, 15) is 9.59 Å². The van der Waals surface area contributed by atoms with Crippen LogP contribution in [0.4, 0.5) is 10.5 Å². The monoisotopic (exact) mass is 224 g/mol. The van der Waals surface area contributed by atoms with Crippen LogP contribution in [0.1, 0.15) is 12.8 Å². The minimum atomic E-state index is -0.851. The molecule has 1 aliphatic carbocycles. The van der Waals surface area contributed by atoms with Crippen molar-refractivity contribution in [2.24, 2.45) is 5.41 Å². The maximum Gasteiger partial charge on any atom is 0.319 e. The van der Waals surface area contributed by atoms with Crippen molar-refractivity contribution < 1.29 is 14.7 Å². The Morgan fingerprint density at radius 1 is 1.56 bits per heavy atom. The van der Waals surface area contributed by atoms with Crippen LogP contribution in [0.2, 0.25) is 0 Å². The van der Waals surface area contributed by atoms with E-state index in [0.29, 0.717) is 18.5 Å². The van der Waals surface area contributed by atoms with Crippen molar-refractivity contribution in [3.05, 3.63) is 12.4 Å². The predicted molar refractivity (Wildman–Crippen MR) is 54.9 cm³/mol. The van der Waals surface area contributed by atoms with Gasteiger partial charge in [-0.05, 0) is 12.8 Å². The Bertz CT molecular complexity index is 397. The molecule has 2 amide bonds. The lowest BCUT2D eigenvalue weighted by Crippen LogP contribution is -2.36. The molecule has 0 unspecified atom stereocenters. The van der Waals surface area contributed by atoms with Gasteiger partial charge in [-0.1, -0.05) is 0 Å². The van der Waals surface area contributed by atoms with Gasteiger partial charge in [0.2, 0.25) is 0 Å². The van der Waals surface area contributed by atoms with Crippen molar-refractivity contribution in [3.63, 3.8) is 0 Å². The summed E-state index contributed by atoms with van der Waals surface area (Å²) >= 11 is 0. The smallest absolute Gasteiger partial charge is 0.319 e. The maximum absolute atomic E-state index is 11.4. The number of carbonyl (C=O) groups is 2. The molecule has 1 aromatic heterocycles. The summed E-state index contributed by atoms with van der Waals surface area (Å²) in [5.74, 6) is -0.851. The fourth-order valence-electron chi connectivity index (χ4n) is 1.36. The summed E-state index contributed by atoms with van der Waals surface area (Å²) in [7, 11) is 0. The third-order valence-corrected chi connectivity index (χ3v) is 2.65. The number of carboxylic acids is 1. The molecule has 0 radical (unpaired) electrons. The maximum atomic E-state index is 11.4. The minimum Gasteiger partial charge on any atom is -0.481 e. The highest BCUT2D eigenvalue weighted by Crippen LogP contribution is 2.45. The van der Waals surface area contributed by atoms with Crippen LogP contribution in [0, 0.1) is 5.41 Å². The SMILES string of the molecule is O=C(NCC1(C(=O)O)CC1)Nc1cn[nH]c1. The second-order valence-electron chi connectivity index (χ2n) is 3.88. The lowest BCUT2D eigenvalue weighted by Gasteiger charge is -2.11. The number of carboxylic acid groups (broad SMARTS) is 1. The number of hydrogen-bond acceptors (Lipinski definition) is 3. The average Bonchev–Trinajstić information content (AvgIpc) is 2.88. The fourth-order valence-corrected chi connectivity index (χ4v) is 1.36. The van der Waals surface area contributed by atoms with E-state index in [0.717, 1.165) is 0 Å². The van der Waals surface area contributed by atoms with Crippen LogP contribution in [0.15, 0.2) is 12.4 Å². The molecule has 7 nitrogen and oxygen atoms in total. The number of carbonyl (C=O) groups excluding carboxylic acids is 1. The number of urea groups is 1. The van der Waals surface area contributed by atoms with E-state index >= 15 is 0 Å². The summed E-state index contributed by atoms with van der Waals surface area (Å²) in [5.41, 5.74) is -0.203. The van der Waals surface area contributed by atoms with Gasteiger partial charge in [-0.3, -0.25) is 9.89 Å². The summed E-state index contributed by atoms with van der Waals surface area (Å²) in [6.07, 6.45) is 4.23. The number of nitrogens with zero attached hydrogens (tertiary/aromatic N) is 1. The number of rotatable bonds is 4. The Morgan fingerprint density at radius 2 is 2.31 bits per heavy atom. The summed E-state index contributed by atoms with van der Waals surface area (Å²) in [5, 5.41) is 20.2. The molecule has 86 valence electrons. The van der Waals surface area contributed by atoms with Gasteiger partial charge in [0.25, 0.3) is 0 Å². The van der Waals surface area contributed by atoms with E-state index < -0.39 is 17.4 Å².